The van der Waals surface area contributed by atoms with Gasteiger partial charge < -0.3 is 13.9 Å². The summed E-state index contributed by atoms with van der Waals surface area (Å²) < 4.78 is 16.2. The molecule has 4 rings (SSSR count). The van der Waals surface area contributed by atoms with E-state index in [0.29, 0.717) is 28.2 Å². The highest BCUT2D eigenvalue weighted by Crippen LogP contribution is 2.33. The first-order valence-corrected chi connectivity index (χ1v) is 9.05. The minimum atomic E-state index is -0.0422. The largest absolute Gasteiger partial charge is 0.454 e. The lowest BCUT2D eigenvalue weighted by atomic mass is 10.1. The molecule has 0 radical (unpaired) electrons. The average Bonchev–Trinajstić information content (AvgIpc) is 3.27. The van der Waals surface area contributed by atoms with Crippen molar-refractivity contribution in [3.05, 3.63) is 53.1 Å². The van der Waals surface area contributed by atoms with Gasteiger partial charge in [0, 0.05) is 11.1 Å². The highest BCUT2D eigenvalue weighted by atomic mass is 32.2. The van der Waals surface area contributed by atoms with Crippen LogP contribution >= 0.6 is 11.8 Å². The first kappa shape index (κ1) is 16.7. The number of benzene rings is 2. The standard InChI is InChI=1S/C19H16N2O4S/c1-11-5-12(2)7-14(6-11)18-20-21-19(25-18)26-9-15(22)13-3-4-16-17(8-13)24-10-23-16/h3-8H,9-10H2,1-2H3. The number of hydrogen-bond donors (Lipinski definition) is 0. The lowest BCUT2D eigenvalue weighted by Crippen LogP contribution is -2.02. The highest BCUT2D eigenvalue weighted by Gasteiger charge is 2.17. The van der Waals surface area contributed by atoms with Crippen LogP contribution in [0.3, 0.4) is 0 Å². The molecular formula is C19H16N2O4S. The van der Waals surface area contributed by atoms with Gasteiger partial charge in [0.1, 0.15) is 0 Å². The third-order valence-electron chi connectivity index (χ3n) is 3.90. The van der Waals surface area contributed by atoms with Gasteiger partial charge in [-0.05, 0) is 44.2 Å². The maximum Gasteiger partial charge on any atom is 0.277 e. The fourth-order valence-corrected chi connectivity index (χ4v) is 3.42. The van der Waals surface area contributed by atoms with Crippen LogP contribution in [0.2, 0.25) is 0 Å². The first-order chi connectivity index (χ1) is 12.6. The Bertz CT molecular complexity index is 963. The van der Waals surface area contributed by atoms with Crippen LogP contribution in [0.15, 0.2) is 46.0 Å². The molecule has 0 unspecified atom stereocenters. The summed E-state index contributed by atoms with van der Waals surface area (Å²) >= 11 is 1.22. The quantitative estimate of drug-likeness (QED) is 0.497. The second-order valence-electron chi connectivity index (χ2n) is 6.03. The van der Waals surface area contributed by atoms with E-state index >= 15 is 0 Å². The first-order valence-electron chi connectivity index (χ1n) is 8.06. The number of ketones is 1. The molecule has 0 atom stereocenters. The van der Waals surface area contributed by atoms with E-state index in [1.807, 2.05) is 26.0 Å². The number of fused-ring (bicyclic) bond motifs is 1. The zero-order valence-corrected chi connectivity index (χ0v) is 15.1. The van der Waals surface area contributed by atoms with Crippen molar-refractivity contribution in [3.8, 4) is 23.0 Å². The normalized spacial score (nSPS) is 12.4. The van der Waals surface area contributed by atoms with E-state index in [1.165, 1.54) is 11.8 Å². The second-order valence-corrected chi connectivity index (χ2v) is 6.96. The molecule has 2 aromatic carbocycles. The molecular weight excluding hydrogens is 352 g/mol. The molecule has 0 saturated carbocycles. The monoisotopic (exact) mass is 368 g/mol. The van der Waals surface area contributed by atoms with Gasteiger partial charge >= 0.3 is 0 Å². The summed E-state index contributed by atoms with van der Waals surface area (Å²) in [6, 6.07) is 11.2. The van der Waals surface area contributed by atoms with Crippen LogP contribution in [0.4, 0.5) is 0 Å². The second kappa shape index (κ2) is 6.84. The van der Waals surface area contributed by atoms with Gasteiger partial charge in [-0.1, -0.05) is 29.0 Å². The van der Waals surface area contributed by atoms with Gasteiger partial charge in [0.25, 0.3) is 5.22 Å². The average molecular weight is 368 g/mol. The molecule has 0 aliphatic carbocycles. The number of carbonyl (C=O) groups is 1. The number of carbonyl (C=O) groups excluding carboxylic acids is 1. The molecule has 2 heterocycles. The van der Waals surface area contributed by atoms with E-state index in [0.717, 1.165) is 16.7 Å². The Balaban J connectivity index is 1.44. The number of nitrogens with zero attached hydrogens (tertiary/aromatic N) is 2. The Hall–Kier alpha value is -2.80. The number of aryl methyl sites for hydroxylation is 2. The Morgan fingerprint density at radius 3 is 2.62 bits per heavy atom. The Kier molecular flexibility index (Phi) is 4.38. The minimum absolute atomic E-state index is 0.0422. The topological polar surface area (TPSA) is 74.5 Å². The number of aromatic nitrogens is 2. The minimum Gasteiger partial charge on any atom is -0.454 e. The van der Waals surface area contributed by atoms with Crippen molar-refractivity contribution in [3.63, 3.8) is 0 Å². The third-order valence-corrected chi connectivity index (χ3v) is 4.71. The SMILES string of the molecule is Cc1cc(C)cc(-c2nnc(SCC(=O)c3ccc4c(c3)OCO4)o2)c1. The van der Waals surface area contributed by atoms with E-state index < -0.39 is 0 Å². The molecule has 3 aromatic rings. The van der Waals surface area contributed by atoms with Crippen LogP contribution in [0.1, 0.15) is 21.5 Å². The van der Waals surface area contributed by atoms with E-state index in [4.69, 9.17) is 13.9 Å². The maximum atomic E-state index is 12.4. The summed E-state index contributed by atoms with van der Waals surface area (Å²) in [7, 11) is 0. The molecule has 132 valence electrons. The van der Waals surface area contributed by atoms with Crippen LogP contribution in [0.25, 0.3) is 11.5 Å². The summed E-state index contributed by atoms with van der Waals surface area (Å²) in [6.07, 6.45) is 0. The molecule has 0 N–H and O–H groups in total. The lowest BCUT2D eigenvalue weighted by Gasteiger charge is -2.01. The molecule has 0 spiro atoms. The van der Waals surface area contributed by atoms with Crippen molar-refractivity contribution in [1.29, 1.82) is 0 Å². The van der Waals surface area contributed by atoms with Crippen molar-refractivity contribution in [2.75, 3.05) is 12.5 Å². The number of Topliss-reactive ketones (excluding diaryl/α,β-unsaturated/α-hetero) is 1. The number of thioether (sulfide) groups is 1. The third kappa shape index (κ3) is 3.43. The summed E-state index contributed by atoms with van der Waals surface area (Å²) in [6.45, 7) is 4.23. The summed E-state index contributed by atoms with van der Waals surface area (Å²) in [5, 5.41) is 8.47. The van der Waals surface area contributed by atoms with Crippen molar-refractivity contribution in [2.45, 2.75) is 19.1 Å². The Morgan fingerprint density at radius 2 is 1.81 bits per heavy atom. The Morgan fingerprint density at radius 1 is 1.04 bits per heavy atom. The molecule has 6 nitrogen and oxygen atoms in total. The van der Waals surface area contributed by atoms with Gasteiger partial charge in [-0.25, -0.2) is 0 Å². The maximum absolute atomic E-state index is 12.4. The van der Waals surface area contributed by atoms with Gasteiger partial charge in [-0.2, -0.15) is 0 Å². The predicted molar refractivity (Wildman–Crippen MR) is 96.8 cm³/mol. The molecule has 1 aliphatic heterocycles. The van der Waals surface area contributed by atoms with Gasteiger partial charge in [0.15, 0.2) is 17.3 Å². The van der Waals surface area contributed by atoms with Gasteiger partial charge in [-0.3, -0.25) is 4.79 Å². The molecule has 0 amide bonds. The summed E-state index contributed by atoms with van der Waals surface area (Å²) in [4.78, 5) is 12.4. The van der Waals surface area contributed by atoms with Crippen molar-refractivity contribution in [2.24, 2.45) is 0 Å². The fourth-order valence-electron chi connectivity index (χ4n) is 2.76. The predicted octanol–water partition coefficient (Wildman–Crippen LogP) is 4.06. The van der Waals surface area contributed by atoms with Crippen LogP contribution in [0.5, 0.6) is 11.5 Å². The van der Waals surface area contributed by atoms with Crippen LogP contribution in [0, 0.1) is 13.8 Å². The van der Waals surface area contributed by atoms with Gasteiger partial charge in [0.05, 0.1) is 5.75 Å². The number of ether oxygens (including phenoxy) is 2. The molecule has 0 fully saturated rings. The molecule has 1 aliphatic rings. The smallest absolute Gasteiger partial charge is 0.277 e. The van der Waals surface area contributed by atoms with Crippen molar-refractivity contribution < 1.29 is 18.7 Å². The zero-order chi connectivity index (χ0) is 18.1. The van der Waals surface area contributed by atoms with Crippen molar-refractivity contribution >= 4 is 17.5 Å². The van der Waals surface area contributed by atoms with E-state index in [-0.39, 0.29) is 18.3 Å². The zero-order valence-electron chi connectivity index (χ0n) is 14.3. The molecule has 1 aromatic heterocycles. The number of hydrogen-bond acceptors (Lipinski definition) is 7. The molecule has 26 heavy (non-hydrogen) atoms. The van der Waals surface area contributed by atoms with Crippen molar-refractivity contribution in [1.82, 2.24) is 10.2 Å². The summed E-state index contributed by atoms with van der Waals surface area (Å²) in [5.74, 6) is 1.86. The molecule has 0 saturated heterocycles. The lowest BCUT2D eigenvalue weighted by molar-refractivity contribution is 0.102. The fraction of sp³-hybridized carbons (Fsp3) is 0.211. The highest BCUT2D eigenvalue weighted by molar-refractivity contribution is 7.99. The van der Waals surface area contributed by atoms with Gasteiger partial charge in [0.2, 0.25) is 12.7 Å². The van der Waals surface area contributed by atoms with Gasteiger partial charge in [-0.15, -0.1) is 10.2 Å². The van der Waals surface area contributed by atoms with Crippen LogP contribution in [-0.2, 0) is 0 Å². The number of rotatable bonds is 5. The van der Waals surface area contributed by atoms with E-state index in [9.17, 15) is 4.79 Å². The Labute approximate surface area is 154 Å². The summed E-state index contributed by atoms with van der Waals surface area (Å²) in [5.41, 5.74) is 3.70. The van der Waals surface area contributed by atoms with E-state index in [1.54, 1.807) is 18.2 Å². The van der Waals surface area contributed by atoms with Crippen LogP contribution in [-0.4, -0.2) is 28.5 Å². The van der Waals surface area contributed by atoms with Crippen LogP contribution < -0.4 is 9.47 Å². The molecule has 7 heteroatoms. The molecule has 0 bridgehead atoms. The van der Waals surface area contributed by atoms with E-state index in [2.05, 4.69) is 16.3 Å².